The second-order valence-electron chi connectivity index (χ2n) is 1.91. The van der Waals surface area contributed by atoms with Crippen molar-refractivity contribution >= 4 is 0 Å². The maximum atomic E-state index is 12.4. The van der Waals surface area contributed by atoms with Crippen LogP contribution in [0, 0.1) is 10.1 Å². The van der Waals surface area contributed by atoms with Crippen LogP contribution in [0.5, 0.6) is 0 Å². The molecule has 0 spiro atoms. The van der Waals surface area contributed by atoms with Gasteiger partial charge in [0.2, 0.25) is 0 Å². The molecule has 0 radical (unpaired) electrons. The molecule has 1 heterocycles. The smallest absolute Gasteiger partial charge is 0.258 e. The Hall–Kier alpha value is -1.46. The summed E-state index contributed by atoms with van der Waals surface area (Å²) in [6.45, 7) is -0.289. The Morgan fingerprint density at radius 1 is 1.73 bits per heavy atom. The van der Waals surface area contributed by atoms with Gasteiger partial charge in [-0.3, -0.25) is 10.1 Å². The van der Waals surface area contributed by atoms with Gasteiger partial charge in [0.25, 0.3) is 0 Å². The van der Waals surface area contributed by atoms with Crippen molar-refractivity contribution in [3.8, 4) is 0 Å². The van der Waals surface area contributed by atoms with Gasteiger partial charge >= 0.3 is 5.70 Å². The zero-order chi connectivity index (χ0) is 8.43. The molecule has 1 aliphatic rings. The van der Waals surface area contributed by atoms with Crippen molar-refractivity contribution in [2.75, 3.05) is 6.54 Å². The normalized spacial score (nSPS) is 17.5. The number of rotatable bonds is 1. The van der Waals surface area contributed by atoms with E-state index in [1.807, 2.05) is 0 Å². The summed E-state index contributed by atoms with van der Waals surface area (Å²) in [5.74, 6) is -0.996. The van der Waals surface area contributed by atoms with Crippen LogP contribution in [0.4, 0.5) is 8.87 Å². The minimum atomic E-state index is -0.996. The Bertz CT molecular complexity index is 249. The first-order chi connectivity index (χ1) is 5.11. The van der Waals surface area contributed by atoms with E-state index in [-0.39, 0.29) is 11.7 Å². The first-order valence-corrected chi connectivity index (χ1v) is 2.76. The third kappa shape index (κ3) is 1.51. The molecule has 0 fully saturated rings. The minimum absolute atomic E-state index is 0.0429. The highest BCUT2D eigenvalue weighted by molar-refractivity contribution is 5.21. The molecule has 0 saturated heterocycles. The molecule has 0 aromatic carbocycles. The molecule has 0 aliphatic carbocycles. The van der Waals surface area contributed by atoms with Gasteiger partial charge in [-0.15, -0.1) is 4.48 Å². The molecular formula is C5H4F2N2O2. The van der Waals surface area contributed by atoms with Crippen LogP contribution < -0.4 is 0 Å². The van der Waals surface area contributed by atoms with E-state index in [9.17, 15) is 19.0 Å². The molecule has 1 rings (SSSR count). The lowest BCUT2D eigenvalue weighted by Crippen LogP contribution is -2.15. The standard InChI is InChI=1S/C5H4F2N2O2/c6-4-1-2-8(7)3-5(4)9(10)11/h1,3H,2H2. The van der Waals surface area contributed by atoms with E-state index in [2.05, 4.69) is 0 Å². The van der Waals surface area contributed by atoms with Gasteiger partial charge in [0.1, 0.15) is 6.20 Å². The topological polar surface area (TPSA) is 46.4 Å². The molecule has 1 aliphatic heterocycles. The van der Waals surface area contributed by atoms with E-state index in [0.29, 0.717) is 6.20 Å². The van der Waals surface area contributed by atoms with Gasteiger partial charge in [0.15, 0.2) is 5.83 Å². The van der Waals surface area contributed by atoms with Crippen LogP contribution in [0.3, 0.4) is 0 Å². The molecule has 0 bridgehead atoms. The highest BCUT2D eigenvalue weighted by Gasteiger charge is 2.22. The summed E-state index contributed by atoms with van der Waals surface area (Å²) in [4.78, 5) is 9.00. The van der Waals surface area contributed by atoms with E-state index >= 15 is 0 Å². The molecule has 0 amide bonds. The lowest BCUT2D eigenvalue weighted by Gasteiger charge is -2.08. The van der Waals surface area contributed by atoms with Gasteiger partial charge in [-0.1, -0.05) is 0 Å². The SMILES string of the molecule is O=[N+]([O-])C1=CN(F)CC=C1F. The van der Waals surface area contributed by atoms with Gasteiger partial charge in [0, 0.05) is 0 Å². The van der Waals surface area contributed by atoms with Crippen molar-refractivity contribution in [3.63, 3.8) is 0 Å². The Labute approximate surface area is 60.5 Å². The largest absolute Gasteiger partial charge is 0.322 e. The van der Waals surface area contributed by atoms with Gasteiger partial charge in [-0.25, -0.2) is 5.12 Å². The van der Waals surface area contributed by atoms with Crippen molar-refractivity contribution in [2.24, 2.45) is 0 Å². The van der Waals surface area contributed by atoms with Crippen LogP contribution in [0.25, 0.3) is 0 Å². The summed E-state index contributed by atoms with van der Waals surface area (Å²) < 4.78 is 24.6. The Morgan fingerprint density at radius 3 is 2.82 bits per heavy atom. The summed E-state index contributed by atoms with van der Waals surface area (Å²) in [5, 5.41) is 10.0. The molecule has 0 unspecified atom stereocenters. The number of hydrogen-bond acceptors (Lipinski definition) is 3. The second-order valence-corrected chi connectivity index (χ2v) is 1.91. The maximum Gasteiger partial charge on any atom is 0.322 e. The maximum absolute atomic E-state index is 12.4. The molecular weight excluding hydrogens is 158 g/mol. The zero-order valence-corrected chi connectivity index (χ0v) is 5.33. The fourth-order valence-electron chi connectivity index (χ4n) is 0.653. The predicted molar refractivity (Wildman–Crippen MR) is 32.1 cm³/mol. The monoisotopic (exact) mass is 162 g/mol. The highest BCUT2D eigenvalue weighted by atomic mass is 19.2. The van der Waals surface area contributed by atoms with E-state index in [0.717, 1.165) is 6.08 Å². The Balaban J connectivity index is 2.90. The molecule has 6 heteroatoms. The molecule has 0 aromatic rings. The molecule has 0 atom stereocenters. The Morgan fingerprint density at radius 2 is 2.36 bits per heavy atom. The number of nitro groups is 1. The van der Waals surface area contributed by atoms with Gasteiger partial charge in [-0.2, -0.15) is 4.39 Å². The van der Waals surface area contributed by atoms with E-state index in [1.165, 1.54) is 0 Å². The summed E-state index contributed by atoms with van der Waals surface area (Å²) in [6.07, 6.45) is 1.31. The van der Waals surface area contributed by atoms with Gasteiger partial charge < -0.3 is 0 Å². The average Bonchev–Trinajstić information content (AvgIpc) is 1.94. The van der Waals surface area contributed by atoms with Crippen molar-refractivity contribution in [3.05, 3.63) is 33.9 Å². The van der Waals surface area contributed by atoms with Crippen molar-refractivity contribution in [2.45, 2.75) is 0 Å². The van der Waals surface area contributed by atoms with Gasteiger partial charge in [-0.05, 0) is 6.08 Å². The Kier molecular flexibility index (Phi) is 1.84. The van der Waals surface area contributed by atoms with Crippen molar-refractivity contribution in [1.82, 2.24) is 5.12 Å². The third-order valence-corrected chi connectivity index (χ3v) is 1.15. The van der Waals surface area contributed by atoms with Crippen molar-refractivity contribution < 1.29 is 13.8 Å². The number of hydrogen-bond donors (Lipinski definition) is 0. The number of halogens is 2. The summed E-state index contributed by atoms with van der Waals surface area (Å²) in [7, 11) is 0. The molecule has 11 heavy (non-hydrogen) atoms. The van der Waals surface area contributed by atoms with Crippen LogP contribution in [-0.2, 0) is 0 Å². The predicted octanol–water partition coefficient (Wildman–Crippen LogP) is 1.16. The second kappa shape index (κ2) is 2.65. The average molecular weight is 162 g/mol. The lowest BCUT2D eigenvalue weighted by atomic mass is 10.3. The number of nitrogens with zero attached hydrogens (tertiary/aromatic N) is 2. The molecule has 0 aromatic heterocycles. The first-order valence-electron chi connectivity index (χ1n) is 2.76. The summed E-state index contributed by atoms with van der Waals surface area (Å²) in [5.41, 5.74) is -0.848. The fourth-order valence-corrected chi connectivity index (χ4v) is 0.653. The summed E-state index contributed by atoms with van der Waals surface area (Å²) >= 11 is 0. The molecule has 60 valence electrons. The van der Waals surface area contributed by atoms with E-state index < -0.39 is 16.4 Å². The van der Waals surface area contributed by atoms with Crippen LogP contribution >= 0.6 is 0 Å². The van der Waals surface area contributed by atoms with E-state index in [1.54, 1.807) is 0 Å². The van der Waals surface area contributed by atoms with Crippen LogP contribution in [0.15, 0.2) is 23.8 Å². The molecule has 0 saturated carbocycles. The zero-order valence-electron chi connectivity index (χ0n) is 5.33. The highest BCUT2D eigenvalue weighted by Crippen LogP contribution is 2.17. The van der Waals surface area contributed by atoms with Crippen LogP contribution in [0.1, 0.15) is 0 Å². The van der Waals surface area contributed by atoms with Gasteiger partial charge in [0.05, 0.1) is 11.5 Å². The van der Waals surface area contributed by atoms with Crippen molar-refractivity contribution in [1.29, 1.82) is 0 Å². The van der Waals surface area contributed by atoms with E-state index in [4.69, 9.17) is 0 Å². The quantitative estimate of drug-likeness (QED) is 0.330. The third-order valence-electron chi connectivity index (χ3n) is 1.15. The van der Waals surface area contributed by atoms with Crippen LogP contribution in [-0.4, -0.2) is 16.6 Å². The fraction of sp³-hybridized carbons (Fsp3) is 0.200. The first kappa shape index (κ1) is 7.64. The van der Waals surface area contributed by atoms with Crippen LogP contribution in [0.2, 0.25) is 0 Å². The molecule has 4 nitrogen and oxygen atoms in total. The summed E-state index contributed by atoms with van der Waals surface area (Å²) in [6, 6.07) is 0. The minimum Gasteiger partial charge on any atom is -0.258 e. The number of allylic oxidation sites excluding steroid dienone is 1. The molecule has 0 N–H and O–H groups in total. The lowest BCUT2D eigenvalue weighted by molar-refractivity contribution is -0.424.